The highest BCUT2D eigenvalue weighted by molar-refractivity contribution is 6.58. The third-order valence-corrected chi connectivity index (χ3v) is 12.7. The minimum atomic E-state index is -2.21. The van der Waals surface area contributed by atoms with Crippen molar-refractivity contribution in [1.29, 1.82) is 0 Å². The van der Waals surface area contributed by atoms with Gasteiger partial charge in [0.15, 0.2) is 21.2 Å². The number of para-hydroxylation sites is 1. The summed E-state index contributed by atoms with van der Waals surface area (Å²) in [6.45, 7) is 1.97. The molecule has 6 atom stereocenters. The molecule has 14 heteroatoms. The van der Waals surface area contributed by atoms with Gasteiger partial charge >= 0.3 is 0 Å². The predicted molar refractivity (Wildman–Crippen MR) is 210 cm³/mol. The maximum atomic E-state index is 14.6. The average Bonchev–Trinajstić information content (AvgIpc) is 3.53. The molecular formula is C42H36Cl2FN5O6. The summed E-state index contributed by atoms with van der Waals surface area (Å²) in [5.41, 5.74) is 3.24. The molecule has 0 bridgehead atoms. The van der Waals surface area contributed by atoms with Gasteiger partial charge in [-0.15, -0.1) is 23.2 Å². The van der Waals surface area contributed by atoms with Gasteiger partial charge in [0.2, 0.25) is 11.8 Å². The third-order valence-electron chi connectivity index (χ3n) is 11.3. The summed E-state index contributed by atoms with van der Waals surface area (Å²) in [6.07, 6.45) is 1.65. The van der Waals surface area contributed by atoms with Crippen molar-refractivity contribution < 1.29 is 33.4 Å². The van der Waals surface area contributed by atoms with E-state index in [0.29, 0.717) is 22.6 Å². The molecule has 2 aliphatic carbocycles. The molecule has 2 aliphatic heterocycles. The Bertz CT molecular complexity index is 2340. The van der Waals surface area contributed by atoms with Crippen LogP contribution in [-0.4, -0.2) is 59.2 Å². The molecule has 11 nitrogen and oxygen atoms in total. The molecule has 56 heavy (non-hydrogen) atoms. The van der Waals surface area contributed by atoms with Crippen LogP contribution in [-0.2, 0) is 19.2 Å². The molecule has 4 aliphatic rings. The Morgan fingerprint density at radius 3 is 2.05 bits per heavy atom. The lowest BCUT2D eigenvalue weighted by Gasteiger charge is -2.50. The van der Waals surface area contributed by atoms with Gasteiger partial charge in [0.25, 0.3) is 11.8 Å². The summed E-state index contributed by atoms with van der Waals surface area (Å²) in [5.74, 6) is -7.23. The van der Waals surface area contributed by atoms with Crippen molar-refractivity contribution in [2.45, 2.75) is 35.4 Å². The molecule has 1 saturated carbocycles. The lowest BCUT2D eigenvalue weighted by atomic mass is 9.56. The van der Waals surface area contributed by atoms with Crippen LogP contribution < -0.4 is 19.4 Å². The highest BCUT2D eigenvalue weighted by atomic mass is 35.5. The number of amides is 4. The van der Waals surface area contributed by atoms with E-state index in [1.807, 2.05) is 43.3 Å². The maximum absolute atomic E-state index is 14.6. The molecule has 4 aromatic carbocycles. The van der Waals surface area contributed by atoms with Crippen LogP contribution in [0.4, 0.5) is 32.8 Å². The fraction of sp³-hybridized carbons (Fsp3) is 0.286. The van der Waals surface area contributed by atoms with Crippen LogP contribution in [0, 0.1) is 23.6 Å². The fourth-order valence-corrected chi connectivity index (χ4v) is 9.57. The maximum Gasteiger partial charge on any atom is 0.258 e. The second-order valence-electron chi connectivity index (χ2n) is 14.5. The summed E-state index contributed by atoms with van der Waals surface area (Å²) >= 11 is 14.9. The quantitative estimate of drug-likeness (QED) is 0.0824. The number of hydrogen-bond donors (Lipinski definition) is 1. The zero-order valence-corrected chi connectivity index (χ0v) is 32.0. The molecule has 4 amide bonds. The van der Waals surface area contributed by atoms with E-state index in [-0.39, 0.29) is 42.2 Å². The monoisotopic (exact) mass is 795 g/mol. The number of anilines is 3. The molecule has 286 valence electrons. The van der Waals surface area contributed by atoms with Gasteiger partial charge in [-0.25, -0.2) is 9.29 Å². The number of benzene rings is 4. The van der Waals surface area contributed by atoms with Crippen LogP contribution in [0.1, 0.15) is 31.2 Å². The Kier molecular flexibility index (Phi) is 9.24. The number of halogens is 3. The van der Waals surface area contributed by atoms with Crippen molar-refractivity contribution in [3.63, 3.8) is 0 Å². The van der Waals surface area contributed by atoms with Crippen LogP contribution in [0.15, 0.2) is 113 Å². The van der Waals surface area contributed by atoms with E-state index < -0.39 is 62.9 Å². The largest absolute Gasteiger partial charge is 0.504 e. The Balaban J connectivity index is 1.16. The third kappa shape index (κ3) is 5.60. The van der Waals surface area contributed by atoms with E-state index in [1.165, 1.54) is 12.1 Å². The van der Waals surface area contributed by atoms with Gasteiger partial charge < -0.3 is 14.7 Å². The smallest absolute Gasteiger partial charge is 0.258 e. The number of phenolic OH excluding ortho intramolecular Hbond substituents is 1. The van der Waals surface area contributed by atoms with E-state index in [9.17, 15) is 28.7 Å². The van der Waals surface area contributed by atoms with Crippen molar-refractivity contribution in [3.8, 4) is 11.5 Å². The van der Waals surface area contributed by atoms with Gasteiger partial charge in [0.05, 0.1) is 41.2 Å². The molecular weight excluding hydrogens is 760 g/mol. The Hall–Kier alpha value is -5.59. The van der Waals surface area contributed by atoms with Gasteiger partial charge in [0.1, 0.15) is 5.82 Å². The number of rotatable bonds is 8. The van der Waals surface area contributed by atoms with Gasteiger partial charge in [-0.2, -0.15) is 10.2 Å². The number of hydrogen-bond acceptors (Lipinski definition) is 9. The van der Waals surface area contributed by atoms with E-state index in [2.05, 4.69) is 10.2 Å². The van der Waals surface area contributed by atoms with Crippen molar-refractivity contribution in [3.05, 3.63) is 114 Å². The molecule has 2 heterocycles. The minimum Gasteiger partial charge on any atom is -0.504 e. The summed E-state index contributed by atoms with van der Waals surface area (Å²) in [7, 11) is 3.89. The molecule has 0 radical (unpaired) electrons. The van der Waals surface area contributed by atoms with Crippen molar-refractivity contribution in [1.82, 2.24) is 0 Å². The molecule has 8 rings (SSSR count). The molecule has 1 N–H and O–H groups in total. The highest BCUT2D eigenvalue weighted by Gasteiger charge is 2.77. The number of alkyl halides is 2. The number of fused-ring (bicyclic) bond motifs is 4. The number of imide groups is 2. The van der Waals surface area contributed by atoms with Crippen LogP contribution in [0.5, 0.6) is 11.5 Å². The first kappa shape index (κ1) is 37.3. The lowest BCUT2D eigenvalue weighted by molar-refractivity contribution is -0.125. The Labute approximate surface area is 332 Å². The zero-order chi connectivity index (χ0) is 39.7. The molecule has 2 saturated heterocycles. The summed E-state index contributed by atoms with van der Waals surface area (Å²) in [4.78, 5) is 57.4. The number of aromatic hydroxyl groups is 1. The number of carbonyl (C=O) groups is 4. The standard InChI is InChI=1S/C42H36Cl2FN5O6/c1-4-56-33-7-5-6-31(36(33)51)35-29-20-21-30-34(32(29)22-41(43)39(54)50(40(55)42(35,41)44)28-14-8-23(45)9-15-28)38(53)49(37(30)52)27-18-12-25(13-19-27)47-46-24-10-16-26(17-11-24)48(2)3/h5-20,30,32,34-35,51H,4,21-22H2,1-3H3. The van der Waals surface area contributed by atoms with E-state index >= 15 is 0 Å². The Morgan fingerprint density at radius 2 is 1.43 bits per heavy atom. The van der Waals surface area contributed by atoms with Crippen molar-refractivity contribution in [2.24, 2.45) is 28.0 Å². The van der Waals surface area contributed by atoms with Gasteiger partial charge in [-0.05, 0) is 105 Å². The van der Waals surface area contributed by atoms with E-state index in [0.717, 1.165) is 27.6 Å². The molecule has 0 spiro atoms. The van der Waals surface area contributed by atoms with Gasteiger partial charge in [0, 0.05) is 31.3 Å². The first-order valence-corrected chi connectivity index (χ1v) is 18.9. The second kappa shape index (κ2) is 13.9. The van der Waals surface area contributed by atoms with Crippen molar-refractivity contribution >= 4 is 75.3 Å². The SMILES string of the molecule is CCOc1cccc(C2C3=CCC4C(=O)N(c5ccc(N=Nc6ccc(N(C)C)cc6)cc5)C(=O)C4C3CC3(Cl)C(=O)N(c4ccc(F)cc4)C(=O)C23Cl)c1O. The normalized spacial score (nSPS) is 27.0. The minimum absolute atomic E-state index is 0.0558. The topological polar surface area (TPSA) is 132 Å². The number of azo groups is 1. The predicted octanol–water partition coefficient (Wildman–Crippen LogP) is 8.18. The first-order chi connectivity index (χ1) is 26.8. The summed E-state index contributed by atoms with van der Waals surface area (Å²) in [6, 6.07) is 23.6. The lowest BCUT2D eigenvalue weighted by Crippen LogP contribution is -2.60. The Morgan fingerprint density at radius 1 is 0.821 bits per heavy atom. The van der Waals surface area contributed by atoms with Crippen LogP contribution in [0.3, 0.4) is 0 Å². The number of phenols is 1. The molecule has 0 aromatic heterocycles. The van der Waals surface area contributed by atoms with Crippen LogP contribution in [0.2, 0.25) is 0 Å². The zero-order valence-electron chi connectivity index (χ0n) is 30.5. The summed E-state index contributed by atoms with van der Waals surface area (Å²) in [5, 5.41) is 20.2. The average molecular weight is 797 g/mol. The number of ether oxygens (including phenoxy) is 1. The van der Waals surface area contributed by atoms with E-state index in [4.69, 9.17) is 27.9 Å². The number of nitrogens with zero attached hydrogens (tertiary/aromatic N) is 5. The number of allylic oxidation sites excluding steroid dienone is 2. The van der Waals surface area contributed by atoms with Crippen LogP contribution >= 0.6 is 23.2 Å². The molecule has 3 fully saturated rings. The summed E-state index contributed by atoms with van der Waals surface area (Å²) < 4.78 is 19.7. The highest BCUT2D eigenvalue weighted by Crippen LogP contribution is 2.67. The van der Waals surface area contributed by atoms with Gasteiger partial charge in [-0.3, -0.25) is 24.1 Å². The van der Waals surface area contributed by atoms with E-state index in [1.54, 1.807) is 55.5 Å². The number of carbonyl (C=O) groups excluding carboxylic acids is 4. The molecule has 6 unspecified atom stereocenters. The first-order valence-electron chi connectivity index (χ1n) is 18.1. The fourth-order valence-electron chi connectivity index (χ4n) is 8.64. The second-order valence-corrected chi connectivity index (χ2v) is 15.8. The van der Waals surface area contributed by atoms with Crippen LogP contribution in [0.25, 0.3) is 0 Å². The van der Waals surface area contributed by atoms with Crippen molar-refractivity contribution in [2.75, 3.05) is 35.4 Å². The van der Waals surface area contributed by atoms with Gasteiger partial charge in [-0.1, -0.05) is 23.8 Å². The molecule has 4 aromatic rings.